The topological polar surface area (TPSA) is 57.5 Å². The summed E-state index contributed by atoms with van der Waals surface area (Å²) >= 11 is 2.89. The zero-order valence-electron chi connectivity index (χ0n) is 3.54. The average Bonchev–Trinajstić information content (AvgIpc) is 1.30. The number of hydrogen-bond donors (Lipinski definition) is 2. The minimum Gasteiger partial charge on any atom is -0.324 e. The van der Waals surface area contributed by atoms with Crippen LogP contribution in [0.2, 0.25) is 0 Å². The van der Waals surface area contributed by atoms with Crippen molar-refractivity contribution in [2.24, 2.45) is 0 Å². The van der Waals surface area contributed by atoms with E-state index in [0.717, 1.165) is 0 Å². The van der Waals surface area contributed by atoms with Gasteiger partial charge in [0.15, 0.2) is 0 Å². The second-order valence-corrected chi connectivity index (χ2v) is 3.65. The number of alkyl halides is 1. The highest BCUT2D eigenvalue weighted by atomic mass is 79.9. The first-order valence-corrected chi connectivity index (χ1v) is 4.59. The van der Waals surface area contributed by atoms with Crippen molar-refractivity contribution in [1.29, 1.82) is 0 Å². The minimum atomic E-state index is -3.71. The van der Waals surface area contributed by atoms with Crippen LogP contribution in [0.4, 0.5) is 0 Å². The standard InChI is InChI=1S/C2H6BrO3P/c3-1-2-7(4,5)6/h1-2H2,(H2,4,5,6). The Balaban J connectivity index is 3.36. The highest BCUT2D eigenvalue weighted by Crippen LogP contribution is 2.33. The Hall–Kier alpha value is 0.630. The molecule has 0 rings (SSSR count). The maximum Gasteiger partial charge on any atom is 0.326 e. The Kier molecular flexibility index (Phi) is 3.08. The third-order valence-corrected chi connectivity index (χ3v) is 2.19. The molecule has 0 aromatic rings. The molecule has 0 aromatic heterocycles. The van der Waals surface area contributed by atoms with Crippen LogP contribution in [-0.4, -0.2) is 21.3 Å². The fraction of sp³-hybridized carbons (Fsp3) is 1.00. The number of hydrogen-bond acceptors (Lipinski definition) is 1. The summed E-state index contributed by atoms with van der Waals surface area (Å²) in [5.41, 5.74) is 0. The normalized spacial score (nSPS) is 11.9. The van der Waals surface area contributed by atoms with E-state index in [1.807, 2.05) is 0 Å². The molecule has 0 heterocycles. The molecule has 0 aliphatic carbocycles. The van der Waals surface area contributed by atoms with Gasteiger partial charge < -0.3 is 9.79 Å². The largest absolute Gasteiger partial charge is 0.326 e. The predicted molar refractivity (Wildman–Crippen MR) is 30.7 cm³/mol. The van der Waals surface area contributed by atoms with E-state index in [2.05, 4.69) is 15.9 Å². The summed E-state index contributed by atoms with van der Waals surface area (Å²) in [6, 6.07) is 0. The molecule has 7 heavy (non-hydrogen) atoms. The summed E-state index contributed by atoms with van der Waals surface area (Å²) in [5, 5.41) is 0.358. The Labute approximate surface area is 50.0 Å². The molecule has 0 unspecified atom stereocenters. The van der Waals surface area contributed by atoms with Gasteiger partial charge in [-0.3, -0.25) is 4.57 Å². The quantitative estimate of drug-likeness (QED) is 0.492. The van der Waals surface area contributed by atoms with Crippen LogP contribution in [0, 0.1) is 0 Å². The fourth-order valence-corrected chi connectivity index (χ4v) is 1.72. The molecular formula is C2H6BrO3P. The lowest BCUT2D eigenvalue weighted by atomic mass is 11.0. The number of rotatable bonds is 2. The van der Waals surface area contributed by atoms with Gasteiger partial charge in [-0.25, -0.2) is 0 Å². The van der Waals surface area contributed by atoms with Crippen molar-refractivity contribution in [2.75, 3.05) is 11.5 Å². The van der Waals surface area contributed by atoms with Crippen molar-refractivity contribution >= 4 is 23.5 Å². The Morgan fingerprint density at radius 3 is 2.00 bits per heavy atom. The van der Waals surface area contributed by atoms with Crippen LogP contribution < -0.4 is 0 Å². The van der Waals surface area contributed by atoms with Crippen molar-refractivity contribution in [3.05, 3.63) is 0 Å². The van der Waals surface area contributed by atoms with Gasteiger partial charge in [-0.15, -0.1) is 0 Å². The molecule has 0 aliphatic heterocycles. The summed E-state index contributed by atoms with van der Waals surface area (Å²) in [4.78, 5) is 16.2. The molecule has 0 fully saturated rings. The SMILES string of the molecule is O=P(O)(O)CCBr. The van der Waals surface area contributed by atoms with Crippen molar-refractivity contribution in [3.63, 3.8) is 0 Å². The molecule has 2 N–H and O–H groups in total. The lowest BCUT2D eigenvalue weighted by molar-refractivity contribution is 0.375. The van der Waals surface area contributed by atoms with Gasteiger partial charge in [0.25, 0.3) is 0 Å². The van der Waals surface area contributed by atoms with Crippen molar-refractivity contribution in [2.45, 2.75) is 0 Å². The van der Waals surface area contributed by atoms with Gasteiger partial charge in [0, 0.05) is 5.33 Å². The third-order valence-electron chi connectivity index (χ3n) is 0.376. The maximum atomic E-state index is 9.90. The van der Waals surface area contributed by atoms with Crippen LogP contribution in [0.3, 0.4) is 0 Å². The first-order valence-electron chi connectivity index (χ1n) is 1.67. The smallest absolute Gasteiger partial charge is 0.324 e. The van der Waals surface area contributed by atoms with E-state index in [-0.39, 0.29) is 6.16 Å². The van der Waals surface area contributed by atoms with E-state index in [9.17, 15) is 4.57 Å². The van der Waals surface area contributed by atoms with Gasteiger partial charge in [0.1, 0.15) is 0 Å². The third kappa shape index (κ3) is 6.63. The summed E-state index contributed by atoms with van der Waals surface area (Å²) in [7, 11) is -3.71. The van der Waals surface area contributed by atoms with Crippen LogP contribution in [0.15, 0.2) is 0 Å². The van der Waals surface area contributed by atoms with Crippen LogP contribution >= 0.6 is 23.5 Å². The first kappa shape index (κ1) is 7.63. The zero-order chi connectivity index (χ0) is 5.91. The molecule has 0 atom stereocenters. The van der Waals surface area contributed by atoms with Crippen LogP contribution in [-0.2, 0) is 4.57 Å². The zero-order valence-corrected chi connectivity index (χ0v) is 6.02. The lowest BCUT2D eigenvalue weighted by Gasteiger charge is -1.95. The molecule has 0 spiro atoms. The second kappa shape index (κ2) is 2.82. The Bertz CT molecular complexity index is 86.9. The van der Waals surface area contributed by atoms with Gasteiger partial charge in [0.05, 0.1) is 6.16 Å². The molecule has 0 aliphatic rings. The molecule has 0 amide bonds. The molecule has 0 saturated carbocycles. The van der Waals surface area contributed by atoms with Crippen LogP contribution in [0.1, 0.15) is 0 Å². The van der Waals surface area contributed by atoms with E-state index in [1.165, 1.54) is 0 Å². The van der Waals surface area contributed by atoms with E-state index in [1.54, 1.807) is 0 Å². The van der Waals surface area contributed by atoms with E-state index >= 15 is 0 Å². The lowest BCUT2D eigenvalue weighted by Crippen LogP contribution is -1.85. The maximum absolute atomic E-state index is 9.90. The van der Waals surface area contributed by atoms with E-state index < -0.39 is 7.60 Å². The highest BCUT2D eigenvalue weighted by Gasteiger charge is 2.09. The fourth-order valence-electron chi connectivity index (χ4n) is 0.110. The molecule has 44 valence electrons. The van der Waals surface area contributed by atoms with Crippen molar-refractivity contribution < 1.29 is 14.4 Å². The van der Waals surface area contributed by atoms with E-state index in [0.29, 0.717) is 5.33 Å². The predicted octanol–water partition coefficient (Wildman–Crippen LogP) is 0.559. The molecular weight excluding hydrogens is 183 g/mol. The highest BCUT2D eigenvalue weighted by molar-refractivity contribution is 9.09. The summed E-state index contributed by atoms with van der Waals surface area (Å²) in [6.07, 6.45) is -0.0764. The van der Waals surface area contributed by atoms with Gasteiger partial charge in [-0.1, -0.05) is 15.9 Å². The van der Waals surface area contributed by atoms with Gasteiger partial charge in [0.2, 0.25) is 0 Å². The number of halogens is 1. The Morgan fingerprint density at radius 2 is 2.00 bits per heavy atom. The van der Waals surface area contributed by atoms with E-state index in [4.69, 9.17) is 9.79 Å². The summed E-state index contributed by atoms with van der Waals surface area (Å²) in [6.45, 7) is 0. The van der Waals surface area contributed by atoms with Gasteiger partial charge >= 0.3 is 7.60 Å². The molecule has 0 bridgehead atoms. The van der Waals surface area contributed by atoms with Crippen LogP contribution in [0.25, 0.3) is 0 Å². The van der Waals surface area contributed by atoms with Gasteiger partial charge in [-0.05, 0) is 0 Å². The first-order chi connectivity index (χ1) is 3.06. The second-order valence-electron chi connectivity index (χ2n) is 1.08. The molecule has 5 heteroatoms. The molecule has 3 nitrogen and oxygen atoms in total. The Morgan fingerprint density at radius 1 is 1.57 bits per heavy atom. The summed E-state index contributed by atoms with van der Waals surface area (Å²) < 4.78 is 9.90. The van der Waals surface area contributed by atoms with Crippen molar-refractivity contribution in [3.8, 4) is 0 Å². The average molecular weight is 189 g/mol. The molecule has 0 aromatic carbocycles. The van der Waals surface area contributed by atoms with Crippen molar-refractivity contribution in [1.82, 2.24) is 0 Å². The minimum absolute atomic E-state index is 0.0764. The van der Waals surface area contributed by atoms with Gasteiger partial charge in [-0.2, -0.15) is 0 Å². The van der Waals surface area contributed by atoms with Crippen LogP contribution in [0.5, 0.6) is 0 Å². The summed E-state index contributed by atoms with van der Waals surface area (Å²) in [5.74, 6) is 0. The monoisotopic (exact) mass is 188 g/mol. The molecule has 0 saturated heterocycles. The molecule has 0 radical (unpaired) electrons.